The third-order valence-corrected chi connectivity index (χ3v) is 3.79. The van der Waals surface area contributed by atoms with Crippen LogP contribution in [0.5, 0.6) is 0 Å². The molecule has 4 heteroatoms. The molecule has 4 nitrogen and oxygen atoms in total. The highest BCUT2D eigenvalue weighted by Crippen LogP contribution is 2.22. The van der Waals surface area contributed by atoms with Gasteiger partial charge in [0.15, 0.2) is 0 Å². The summed E-state index contributed by atoms with van der Waals surface area (Å²) < 4.78 is 0. The van der Waals surface area contributed by atoms with Crippen LogP contribution in [-0.4, -0.2) is 23.0 Å². The molecule has 0 bridgehead atoms. The van der Waals surface area contributed by atoms with Crippen LogP contribution in [0.15, 0.2) is 60.3 Å². The Labute approximate surface area is 136 Å². The average Bonchev–Trinajstić information content (AvgIpc) is 2.55. The fourth-order valence-corrected chi connectivity index (χ4v) is 2.64. The number of carboxylic acid groups (broad SMARTS) is 1. The van der Waals surface area contributed by atoms with Gasteiger partial charge in [-0.2, -0.15) is 0 Å². The van der Waals surface area contributed by atoms with E-state index in [1.807, 2.05) is 61.5 Å². The quantitative estimate of drug-likeness (QED) is 0.805. The molecule has 0 radical (unpaired) electrons. The molecule has 0 aromatic heterocycles. The topological polar surface area (TPSA) is 66.6 Å². The number of rotatable bonds is 6. The van der Waals surface area contributed by atoms with Gasteiger partial charge in [0.1, 0.15) is 5.70 Å². The highest BCUT2D eigenvalue weighted by Gasteiger charge is 2.20. The Kier molecular flexibility index (Phi) is 5.41. The zero-order chi connectivity index (χ0) is 16.8. The molecule has 120 valence electrons. The van der Waals surface area contributed by atoms with Gasteiger partial charge < -0.3 is 15.7 Å². The summed E-state index contributed by atoms with van der Waals surface area (Å²) in [6.07, 6.45) is 0.798. The van der Waals surface area contributed by atoms with Crippen molar-refractivity contribution in [2.24, 2.45) is 5.73 Å². The van der Waals surface area contributed by atoms with E-state index in [1.165, 1.54) is 0 Å². The molecule has 0 atom stereocenters. The summed E-state index contributed by atoms with van der Waals surface area (Å²) in [4.78, 5) is 13.4. The fourth-order valence-electron chi connectivity index (χ4n) is 2.64. The molecule has 2 aromatic carbocycles. The molecular formula is C19H22N2O2. The van der Waals surface area contributed by atoms with Crippen LogP contribution in [0.1, 0.15) is 23.6 Å². The summed E-state index contributed by atoms with van der Waals surface area (Å²) in [5, 5.41) is 9.64. The zero-order valence-corrected chi connectivity index (χ0v) is 13.5. The van der Waals surface area contributed by atoms with E-state index in [2.05, 4.69) is 0 Å². The SMILES string of the molecule is CCc1ccccc1C(N)=C(C(=O)O)N(C)Cc1ccccc1. The maximum Gasteiger partial charge on any atom is 0.354 e. The zero-order valence-electron chi connectivity index (χ0n) is 13.5. The molecule has 3 N–H and O–H groups in total. The summed E-state index contributed by atoms with van der Waals surface area (Å²) in [7, 11) is 1.75. The van der Waals surface area contributed by atoms with E-state index < -0.39 is 5.97 Å². The second kappa shape index (κ2) is 7.49. The number of hydrogen-bond donors (Lipinski definition) is 2. The second-order valence-electron chi connectivity index (χ2n) is 5.42. The number of nitrogens with two attached hydrogens (primary N) is 1. The minimum absolute atomic E-state index is 0.120. The summed E-state index contributed by atoms with van der Waals surface area (Å²) in [5.41, 5.74) is 9.50. The summed E-state index contributed by atoms with van der Waals surface area (Å²) in [6.45, 7) is 2.51. The fraction of sp³-hybridized carbons (Fsp3) is 0.211. The van der Waals surface area contributed by atoms with Crippen molar-refractivity contribution in [3.8, 4) is 0 Å². The Morgan fingerprint density at radius 3 is 2.30 bits per heavy atom. The van der Waals surface area contributed by atoms with E-state index in [0.717, 1.165) is 23.1 Å². The summed E-state index contributed by atoms with van der Waals surface area (Å²) >= 11 is 0. The number of likely N-dealkylation sites (N-methyl/N-ethyl adjacent to an activating group) is 1. The van der Waals surface area contributed by atoms with Gasteiger partial charge in [0.2, 0.25) is 0 Å². The van der Waals surface area contributed by atoms with Crippen molar-refractivity contribution in [2.75, 3.05) is 7.05 Å². The number of nitrogens with zero attached hydrogens (tertiary/aromatic N) is 1. The standard InChI is InChI=1S/C19H22N2O2/c1-3-15-11-7-8-12-16(15)17(20)18(19(22)23)21(2)13-14-9-5-4-6-10-14/h4-12H,3,13,20H2,1-2H3,(H,22,23). The van der Waals surface area contributed by atoms with Crippen molar-refractivity contribution < 1.29 is 9.90 Å². The van der Waals surface area contributed by atoms with Crippen molar-refractivity contribution in [3.63, 3.8) is 0 Å². The lowest BCUT2D eigenvalue weighted by Crippen LogP contribution is -2.26. The van der Waals surface area contributed by atoms with Crippen LogP contribution in [-0.2, 0) is 17.8 Å². The van der Waals surface area contributed by atoms with Crippen LogP contribution in [0.3, 0.4) is 0 Å². The number of carbonyl (C=O) groups is 1. The molecule has 0 heterocycles. The number of aryl methyl sites for hydroxylation is 1. The molecule has 23 heavy (non-hydrogen) atoms. The van der Waals surface area contributed by atoms with Crippen LogP contribution >= 0.6 is 0 Å². The van der Waals surface area contributed by atoms with E-state index >= 15 is 0 Å². The van der Waals surface area contributed by atoms with E-state index in [9.17, 15) is 9.90 Å². The lowest BCUT2D eigenvalue weighted by molar-refractivity contribution is -0.134. The van der Waals surface area contributed by atoms with Gasteiger partial charge in [-0.05, 0) is 17.5 Å². The van der Waals surface area contributed by atoms with Crippen LogP contribution in [0.2, 0.25) is 0 Å². The van der Waals surface area contributed by atoms with Gasteiger partial charge in [-0.3, -0.25) is 0 Å². The molecule has 2 aromatic rings. The molecule has 0 saturated carbocycles. The highest BCUT2D eigenvalue weighted by molar-refractivity contribution is 5.95. The number of carboxylic acids is 1. The van der Waals surface area contributed by atoms with Crippen LogP contribution < -0.4 is 5.73 Å². The van der Waals surface area contributed by atoms with Gasteiger partial charge in [0, 0.05) is 19.2 Å². The first-order valence-corrected chi connectivity index (χ1v) is 7.61. The van der Waals surface area contributed by atoms with Crippen LogP contribution in [0.4, 0.5) is 0 Å². The Morgan fingerprint density at radius 2 is 1.70 bits per heavy atom. The first-order chi connectivity index (χ1) is 11.0. The predicted molar refractivity (Wildman–Crippen MR) is 92.5 cm³/mol. The minimum Gasteiger partial charge on any atom is -0.477 e. The number of benzene rings is 2. The molecule has 0 amide bonds. The summed E-state index contributed by atoms with van der Waals surface area (Å²) in [6, 6.07) is 17.4. The van der Waals surface area contributed by atoms with Crippen molar-refractivity contribution in [1.29, 1.82) is 0 Å². The number of aliphatic carboxylic acids is 1. The van der Waals surface area contributed by atoms with Gasteiger partial charge in [-0.15, -0.1) is 0 Å². The Morgan fingerprint density at radius 1 is 1.09 bits per heavy atom. The molecule has 0 spiro atoms. The van der Waals surface area contributed by atoms with E-state index in [0.29, 0.717) is 12.2 Å². The van der Waals surface area contributed by atoms with Gasteiger partial charge in [-0.25, -0.2) is 4.79 Å². The predicted octanol–water partition coefficient (Wildman–Crippen LogP) is 3.09. The largest absolute Gasteiger partial charge is 0.477 e. The van der Waals surface area contributed by atoms with Gasteiger partial charge >= 0.3 is 5.97 Å². The van der Waals surface area contributed by atoms with Crippen molar-refractivity contribution in [2.45, 2.75) is 19.9 Å². The molecule has 0 unspecified atom stereocenters. The van der Waals surface area contributed by atoms with Crippen molar-refractivity contribution in [3.05, 3.63) is 77.0 Å². The average molecular weight is 310 g/mol. The normalized spacial score (nSPS) is 11.7. The lowest BCUT2D eigenvalue weighted by Gasteiger charge is -2.22. The molecule has 0 fully saturated rings. The molecule has 0 aliphatic heterocycles. The van der Waals surface area contributed by atoms with Crippen molar-refractivity contribution in [1.82, 2.24) is 4.90 Å². The minimum atomic E-state index is -1.02. The Hall–Kier alpha value is -2.75. The smallest absolute Gasteiger partial charge is 0.354 e. The summed E-state index contributed by atoms with van der Waals surface area (Å²) in [5.74, 6) is -1.02. The monoisotopic (exact) mass is 310 g/mol. The van der Waals surface area contributed by atoms with Crippen molar-refractivity contribution >= 4 is 11.7 Å². The number of hydrogen-bond acceptors (Lipinski definition) is 3. The lowest BCUT2D eigenvalue weighted by atomic mass is 10.0. The second-order valence-corrected chi connectivity index (χ2v) is 5.42. The molecule has 0 aliphatic rings. The third-order valence-electron chi connectivity index (χ3n) is 3.79. The molecule has 0 saturated heterocycles. The van der Waals surface area contributed by atoms with Crippen LogP contribution in [0.25, 0.3) is 5.70 Å². The van der Waals surface area contributed by atoms with Gasteiger partial charge in [-0.1, -0.05) is 61.5 Å². The third kappa shape index (κ3) is 3.92. The Bertz CT molecular complexity index is 708. The molecule has 2 rings (SSSR count). The van der Waals surface area contributed by atoms with E-state index in [1.54, 1.807) is 11.9 Å². The van der Waals surface area contributed by atoms with E-state index in [4.69, 9.17) is 5.73 Å². The first-order valence-electron chi connectivity index (χ1n) is 7.61. The highest BCUT2D eigenvalue weighted by atomic mass is 16.4. The molecule has 0 aliphatic carbocycles. The Balaban J connectivity index is 2.41. The van der Waals surface area contributed by atoms with Gasteiger partial charge in [0.25, 0.3) is 0 Å². The van der Waals surface area contributed by atoms with E-state index in [-0.39, 0.29) is 5.70 Å². The maximum absolute atomic E-state index is 11.8. The van der Waals surface area contributed by atoms with Gasteiger partial charge in [0.05, 0.1) is 5.70 Å². The van der Waals surface area contributed by atoms with Crippen LogP contribution in [0, 0.1) is 0 Å². The maximum atomic E-state index is 11.8. The molecular weight excluding hydrogens is 288 g/mol. The first kappa shape index (κ1) is 16.6.